The van der Waals surface area contributed by atoms with Gasteiger partial charge in [0.1, 0.15) is 11.3 Å². The second kappa shape index (κ2) is 7.76. The number of nitrogens with zero attached hydrogens (tertiary/aromatic N) is 6. The number of rotatable bonds is 4. The predicted octanol–water partition coefficient (Wildman–Crippen LogP) is 5.14. The molecule has 7 nitrogen and oxygen atoms in total. The Bertz CT molecular complexity index is 1470. The van der Waals surface area contributed by atoms with Crippen molar-refractivity contribution in [1.82, 2.24) is 29.1 Å². The summed E-state index contributed by atoms with van der Waals surface area (Å²) in [7, 11) is 3.57. The number of hydrogen-bond donors (Lipinski definition) is 0. The van der Waals surface area contributed by atoms with Crippen molar-refractivity contribution in [3.63, 3.8) is 0 Å². The molecule has 1 aromatic carbocycles. The quantitative estimate of drug-likeness (QED) is 0.384. The van der Waals surface area contributed by atoms with Crippen LogP contribution in [-0.2, 0) is 7.05 Å². The van der Waals surface area contributed by atoms with Crippen LogP contribution in [0.2, 0.25) is 5.15 Å². The maximum absolute atomic E-state index is 6.76. The van der Waals surface area contributed by atoms with Gasteiger partial charge in [0.15, 0.2) is 11.0 Å². The van der Waals surface area contributed by atoms with Gasteiger partial charge in [-0.25, -0.2) is 14.5 Å². The Kier molecular flexibility index (Phi) is 4.90. The van der Waals surface area contributed by atoms with Crippen molar-refractivity contribution in [2.24, 2.45) is 7.05 Å². The lowest BCUT2D eigenvalue weighted by Gasteiger charge is -2.11. The average molecular weight is 445 g/mol. The van der Waals surface area contributed by atoms with Crippen LogP contribution < -0.4 is 4.74 Å². The normalized spacial score (nSPS) is 11.3. The number of fused-ring (bicyclic) bond motifs is 1. The van der Waals surface area contributed by atoms with Crippen molar-refractivity contribution in [1.29, 1.82) is 0 Å². The van der Waals surface area contributed by atoms with Gasteiger partial charge in [-0.3, -0.25) is 4.98 Å². The molecule has 160 valence electrons. The van der Waals surface area contributed by atoms with E-state index in [1.807, 2.05) is 68.2 Å². The van der Waals surface area contributed by atoms with Crippen LogP contribution in [0.25, 0.3) is 39.5 Å². The van der Waals surface area contributed by atoms with Crippen LogP contribution in [0.5, 0.6) is 5.75 Å². The molecule has 32 heavy (non-hydrogen) atoms. The third-order valence-corrected chi connectivity index (χ3v) is 5.81. The highest BCUT2D eigenvalue weighted by Gasteiger charge is 2.23. The minimum Gasteiger partial charge on any atom is -0.496 e. The topological polar surface area (TPSA) is 70.1 Å². The molecule has 0 aliphatic heterocycles. The summed E-state index contributed by atoms with van der Waals surface area (Å²) in [6.07, 6.45) is 5.52. The molecule has 0 aliphatic rings. The van der Waals surface area contributed by atoms with E-state index in [-0.39, 0.29) is 0 Å². The predicted molar refractivity (Wildman–Crippen MR) is 125 cm³/mol. The van der Waals surface area contributed by atoms with Crippen LogP contribution in [-0.4, -0.2) is 36.2 Å². The molecule has 0 aliphatic carbocycles. The molecule has 0 fully saturated rings. The van der Waals surface area contributed by atoms with Crippen LogP contribution in [0.3, 0.4) is 0 Å². The van der Waals surface area contributed by atoms with Crippen LogP contribution >= 0.6 is 11.6 Å². The molecule has 0 amide bonds. The van der Waals surface area contributed by atoms with E-state index >= 15 is 0 Å². The first-order valence-electron chi connectivity index (χ1n) is 10.1. The Balaban J connectivity index is 1.86. The lowest BCUT2D eigenvalue weighted by atomic mass is 9.96. The van der Waals surface area contributed by atoms with E-state index < -0.39 is 0 Å². The SMILES string of the molecule is COc1cccc(-c2cn3nc(-c4nccn4C)nc(Cl)c3c2-c2cccc(C)n2)c1C. The average Bonchev–Trinajstić information content (AvgIpc) is 3.37. The highest BCUT2D eigenvalue weighted by atomic mass is 35.5. The molecule has 5 aromatic rings. The molecule has 0 saturated heterocycles. The van der Waals surface area contributed by atoms with Gasteiger partial charge in [0.2, 0.25) is 5.82 Å². The number of aromatic nitrogens is 6. The lowest BCUT2D eigenvalue weighted by molar-refractivity contribution is 0.412. The summed E-state index contributed by atoms with van der Waals surface area (Å²) >= 11 is 6.76. The van der Waals surface area contributed by atoms with E-state index in [9.17, 15) is 0 Å². The molecule has 0 atom stereocenters. The number of methoxy groups -OCH3 is 1. The van der Waals surface area contributed by atoms with Gasteiger partial charge in [0, 0.05) is 42.5 Å². The standard InChI is InChI=1S/C24H21ClN6O/c1-14-7-5-9-18(27-14)20-17(16-8-6-10-19(32-4)15(16)2)13-31-21(20)22(25)28-23(29-31)24-26-11-12-30(24)3/h5-13H,1-4H3. The molecule has 0 saturated carbocycles. The Morgan fingerprint density at radius 1 is 1.00 bits per heavy atom. The Morgan fingerprint density at radius 2 is 1.81 bits per heavy atom. The summed E-state index contributed by atoms with van der Waals surface area (Å²) < 4.78 is 9.19. The summed E-state index contributed by atoms with van der Waals surface area (Å²) in [4.78, 5) is 13.7. The maximum atomic E-state index is 6.76. The zero-order valence-corrected chi connectivity index (χ0v) is 18.9. The fourth-order valence-corrected chi connectivity index (χ4v) is 4.25. The largest absolute Gasteiger partial charge is 0.496 e. The van der Waals surface area contributed by atoms with Crippen molar-refractivity contribution in [2.45, 2.75) is 13.8 Å². The van der Waals surface area contributed by atoms with Gasteiger partial charge in [0.05, 0.1) is 12.8 Å². The first kappa shape index (κ1) is 20.2. The Hall–Kier alpha value is -3.71. The van der Waals surface area contributed by atoms with Gasteiger partial charge < -0.3 is 9.30 Å². The number of ether oxygens (including phenoxy) is 1. The summed E-state index contributed by atoms with van der Waals surface area (Å²) in [6.45, 7) is 4.01. The van der Waals surface area contributed by atoms with Gasteiger partial charge in [-0.05, 0) is 43.2 Å². The summed E-state index contributed by atoms with van der Waals surface area (Å²) in [5.74, 6) is 1.89. The van der Waals surface area contributed by atoms with Gasteiger partial charge in [-0.15, -0.1) is 5.10 Å². The van der Waals surface area contributed by atoms with Crippen LogP contribution in [0.1, 0.15) is 11.3 Å². The molecule has 0 spiro atoms. The van der Waals surface area contributed by atoms with E-state index in [0.29, 0.717) is 22.3 Å². The first-order valence-corrected chi connectivity index (χ1v) is 10.5. The van der Waals surface area contributed by atoms with Gasteiger partial charge in [-0.1, -0.05) is 29.8 Å². The van der Waals surface area contributed by atoms with Gasteiger partial charge in [-0.2, -0.15) is 0 Å². The van der Waals surface area contributed by atoms with E-state index in [2.05, 4.69) is 16.0 Å². The molecule has 0 radical (unpaired) electrons. The number of halogens is 1. The van der Waals surface area contributed by atoms with E-state index in [4.69, 9.17) is 26.4 Å². The third kappa shape index (κ3) is 3.22. The number of benzene rings is 1. The maximum Gasteiger partial charge on any atom is 0.217 e. The first-order chi connectivity index (χ1) is 15.5. The van der Waals surface area contributed by atoms with Crippen LogP contribution in [0.15, 0.2) is 55.0 Å². The fourth-order valence-electron chi connectivity index (χ4n) is 3.99. The van der Waals surface area contributed by atoms with E-state index in [0.717, 1.165) is 39.4 Å². The van der Waals surface area contributed by atoms with Crippen molar-refractivity contribution in [2.75, 3.05) is 7.11 Å². The molecule has 8 heteroatoms. The molecule has 4 heterocycles. The van der Waals surface area contributed by atoms with Crippen molar-refractivity contribution < 1.29 is 4.74 Å². The van der Waals surface area contributed by atoms with Crippen molar-refractivity contribution in [3.05, 3.63) is 71.4 Å². The number of pyridine rings is 1. The smallest absolute Gasteiger partial charge is 0.217 e. The minimum absolute atomic E-state index is 0.336. The van der Waals surface area contributed by atoms with Gasteiger partial charge in [0.25, 0.3) is 0 Å². The zero-order chi connectivity index (χ0) is 22.4. The molecule has 4 aromatic heterocycles. The molecular formula is C24H21ClN6O. The highest BCUT2D eigenvalue weighted by molar-refractivity contribution is 6.33. The minimum atomic E-state index is 0.336. The number of aryl methyl sites for hydroxylation is 2. The Morgan fingerprint density at radius 3 is 2.53 bits per heavy atom. The molecular weight excluding hydrogens is 424 g/mol. The monoisotopic (exact) mass is 444 g/mol. The van der Waals surface area contributed by atoms with Gasteiger partial charge >= 0.3 is 0 Å². The molecule has 0 unspecified atom stereocenters. The summed E-state index contributed by atoms with van der Waals surface area (Å²) in [5, 5.41) is 5.08. The Labute approximate surface area is 190 Å². The van der Waals surface area contributed by atoms with Crippen molar-refractivity contribution >= 4 is 17.1 Å². The number of hydrogen-bond acceptors (Lipinski definition) is 5. The highest BCUT2D eigenvalue weighted by Crippen LogP contribution is 2.41. The molecule has 0 bridgehead atoms. The fraction of sp³-hybridized carbons (Fsp3) is 0.167. The second-order valence-corrected chi connectivity index (χ2v) is 7.95. The number of imidazole rings is 1. The summed E-state index contributed by atoms with van der Waals surface area (Å²) in [5.41, 5.74) is 6.28. The van der Waals surface area contributed by atoms with E-state index in [1.54, 1.807) is 17.8 Å². The van der Waals surface area contributed by atoms with Crippen LogP contribution in [0, 0.1) is 13.8 Å². The van der Waals surface area contributed by atoms with E-state index in [1.165, 1.54) is 0 Å². The molecule has 0 N–H and O–H groups in total. The zero-order valence-electron chi connectivity index (χ0n) is 18.2. The lowest BCUT2D eigenvalue weighted by Crippen LogP contribution is -2.02. The summed E-state index contributed by atoms with van der Waals surface area (Å²) in [6, 6.07) is 11.9. The van der Waals surface area contributed by atoms with Crippen molar-refractivity contribution in [3.8, 4) is 39.8 Å². The van der Waals surface area contributed by atoms with Crippen LogP contribution in [0.4, 0.5) is 0 Å². The third-order valence-electron chi connectivity index (χ3n) is 5.55. The molecule has 5 rings (SSSR count). The second-order valence-electron chi connectivity index (χ2n) is 7.60.